The van der Waals surface area contributed by atoms with Gasteiger partial charge in [0.2, 0.25) is 0 Å². The average molecular weight is 138 g/mol. The molecule has 0 N–H and O–H groups in total. The van der Waals surface area contributed by atoms with E-state index in [1.54, 1.807) is 0 Å². The molecule has 1 rings (SSSR count). The normalized spacial score (nSPS) is 23.4. The van der Waals surface area contributed by atoms with Crippen LogP contribution in [-0.2, 0) is 0 Å². The molecule has 0 radical (unpaired) electrons. The van der Waals surface area contributed by atoms with Crippen molar-refractivity contribution in [1.29, 1.82) is 0 Å². The number of unbranched alkanes of at least 4 members (excludes halogenated alkanes) is 1. The topological polar surface area (TPSA) is 3.01 Å². The Hall–Kier alpha value is -0.590. The number of hydrogen-bond acceptors (Lipinski definition) is 0. The van der Waals surface area contributed by atoms with Gasteiger partial charge in [-0.3, -0.25) is 0 Å². The van der Waals surface area contributed by atoms with E-state index in [9.17, 15) is 0 Å². The summed E-state index contributed by atoms with van der Waals surface area (Å²) < 4.78 is 2.14. The minimum atomic E-state index is 0.713. The molecular weight excluding hydrogens is 122 g/mol. The Bertz CT molecular complexity index is 156. The number of rotatable bonds is 3. The van der Waals surface area contributed by atoms with Crippen molar-refractivity contribution in [1.82, 2.24) is 0 Å². The fourth-order valence-corrected chi connectivity index (χ4v) is 1.26. The molecule has 0 aromatic heterocycles. The van der Waals surface area contributed by atoms with E-state index >= 15 is 0 Å². The molecule has 1 aliphatic rings. The fraction of sp³-hybridized carbons (Fsp3) is 0.667. The van der Waals surface area contributed by atoms with Gasteiger partial charge in [-0.15, -0.1) is 0 Å². The lowest BCUT2D eigenvalue weighted by atomic mass is 10.1. The number of nitrogens with zero attached hydrogens (tertiary/aromatic N) is 1. The highest BCUT2D eigenvalue weighted by molar-refractivity contribution is 5.59. The maximum Gasteiger partial charge on any atom is 0.165 e. The molecule has 0 aromatic rings. The lowest BCUT2D eigenvalue weighted by Crippen LogP contribution is -1.99. The lowest BCUT2D eigenvalue weighted by molar-refractivity contribution is -0.414. The molecule has 1 nitrogen and oxygen atoms in total. The van der Waals surface area contributed by atoms with Crippen molar-refractivity contribution in [3.05, 3.63) is 12.3 Å². The summed E-state index contributed by atoms with van der Waals surface area (Å²) in [6.07, 6.45) is 10.7. The van der Waals surface area contributed by atoms with Gasteiger partial charge in [0.15, 0.2) is 12.4 Å². The predicted octanol–water partition coefficient (Wildman–Crippen LogP) is 2.03. The van der Waals surface area contributed by atoms with Crippen LogP contribution < -0.4 is 0 Å². The summed E-state index contributed by atoms with van der Waals surface area (Å²) in [6.45, 7) is 2.24. The van der Waals surface area contributed by atoms with E-state index in [-0.39, 0.29) is 0 Å². The molecule has 0 amide bonds. The molecule has 0 aliphatic carbocycles. The second kappa shape index (κ2) is 3.55. The molecule has 1 atom stereocenters. The highest BCUT2D eigenvalue weighted by Gasteiger charge is 2.11. The third-order valence-electron chi connectivity index (χ3n) is 1.89. The Balaban J connectivity index is 2.26. The van der Waals surface area contributed by atoms with Gasteiger partial charge in [0.1, 0.15) is 7.05 Å². The van der Waals surface area contributed by atoms with Gasteiger partial charge in [0.05, 0.1) is 5.92 Å². The first kappa shape index (κ1) is 7.52. The lowest BCUT2D eigenvalue weighted by Gasteiger charge is -1.96. The molecule has 0 saturated carbocycles. The highest BCUT2D eigenvalue weighted by Crippen LogP contribution is 2.10. The first-order valence-electron chi connectivity index (χ1n) is 4.08. The first-order chi connectivity index (χ1) is 4.83. The largest absolute Gasteiger partial charge is 0.211 e. The van der Waals surface area contributed by atoms with Crippen molar-refractivity contribution in [3.8, 4) is 0 Å². The summed E-state index contributed by atoms with van der Waals surface area (Å²) in [4.78, 5) is 0. The van der Waals surface area contributed by atoms with Crippen molar-refractivity contribution >= 4 is 6.21 Å². The van der Waals surface area contributed by atoms with Gasteiger partial charge in [-0.2, -0.15) is 0 Å². The van der Waals surface area contributed by atoms with Crippen LogP contribution in [0.25, 0.3) is 0 Å². The van der Waals surface area contributed by atoms with Crippen LogP contribution in [0.5, 0.6) is 0 Å². The Morgan fingerprint density at radius 1 is 1.50 bits per heavy atom. The summed E-state index contributed by atoms with van der Waals surface area (Å²) >= 11 is 0. The molecule has 10 heavy (non-hydrogen) atoms. The van der Waals surface area contributed by atoms with E-state index < -0.39 is 0 Å². The second-order valence-corrected chi connectivity index (χ2v) is 2.96. The average Bonchev–Trinajstić information content (AvgIpc) is 2.31. The van der Waals surface area contributed by atoms with Crippen LogP contribution >= 0.6 is 0 Å². The molecule has 0 fully saturated rings. The summed E-state index contributed by atoms with van der Waals surface area (Å²) in [6, 6.07) is 0. The zero-order valence-electron chi connectivity index (χ0n) is 6.88. The molecular formula is C9H16N+. The summed E-state index contributed by atoms with van der Waals surface area (Å²) in [5.41, 5.74) is 0. The van der Waals surface area contributed by atoms with E-state index in [1.165, 1.54) is 19.3 Å². The van der Waals surface area contributed by atoms with Gasteiger partial charge >= 0.3 is 0 Å². The van der Waals surface area contributed by atoms with Gasteiger partial charge in [-0.25, -0.2) is 4.58 Å². The van der Waals surface area contributed by atoms with Crippen molar-refractivity contribution in [2.24, 2.45) is 5.92 Å². The van der Waals surface area contributed by atoms with Crippen LogP contribution in [0, 0.1) is 5.92 Å². The predicted molar refractivity (Wildman–Crippen MR) is 44.4 cm³/mol. The molecule has 1 aliphatic heterocycles. The van der Waals surface area contributed by atoms with Crippen LogP contribution in [0.4, 0.5) is 0 Å². The highest BCUT2D eigenvalue weighted by atomic mass is 14.9. The standard InChI is InChI=1S/C9H16N/c1-3-4-5-9-6-7-10(2)8-9/h6-9H,3-5H2,1-2H3/q+1. The summed E-state index contributed by atoms with van der Waals surface area (Å²) in [5, 5.41) is 0. The SMILES string of the molecule is CCCCC1C=C[N+](C)=C1. The Morgan fingerprint density at radius 2 is 2.30 bits per heavy atom. The summed E-state index contributed by atoms with van der Waals surface area (Å²) in [5.74, 6) is 0.713. The van der Waals surface area contributed by atoms with Crippen LogP contribution in [0.2, 0.25) is 0 Å². The van der Waals surface area contributed by atoms with Crippen LogP contribution in [0.3, 0.4) is 0 Å². The van der Waals surface area contributed by atoms with Crippen LogP contribution in [-0.4, -0.2) is 17.8 Å². The van der Waals surface area contributed by atoms with Gasteiger partial charge in [-0.05, 0) is 12.5 Å². The van der Waals surface area contributed by atoms with Gasteiger partial charge in [-0.1, -0.05) is 19.8 Å². The number of hydrogen-bond donors (Lipinski definition) is 0. The molecule has 0 aromatic carbocycles. The fourth-order valence-electron chi connectivity index (χ4n) is 1.26. The molecule has 0 bridgehead atoms. The van der Waals surface area contributed by atoms with Crippen LogP contribution in [0.1, 0.15) is 26.2 Å². The molecule has 0 saturated heterocycles. The zero-order valence-corrected chi connectivity index (χ0v) is 6.88. The Labute approximate surface area is 63.1 Å². The van der Waals surface area contributed by atoms with Crippen molar-refractivity contribution in [2.75, 3.05) is 7.05 Å². The quantitative estimate of drug-likeness (QED) is 0.525. The Kier molecular flexibility index (Phi) is 2.67. The zero-order chi connectivity index (χ0) is 7.40. The molecule has 56 valence electrons. The minimum absolute atomic E-state index is 0.713. The minimum Gasteiger partial charge on any atom is -0.211 e. The molecule has 1 heterocycles. The maximum absolute atomic E-state index is 2.27. The molecule has 0 spiro atoms. The van der Waals surface area contributed by atoms with Crippen molar-refractivity contribution in [3.63, 3.8) is 0 Å². The van der Waals surface area contributed by atoms with E-state index in [2.05, 4.69) is 37.0 Å². The monoisotopic (exact) mass is 138 g/mol. The third kappa shape index (κ3) is 1.98. The smallest absolute Gasteiger partial charge is 0.165 e. The molecule has 1 unspecified atom stereocenters. The van der Waals surface area contributed by atoms with Crippen molar-refractivity contribution in [2.45, 2.75) is 26.2 Å². The number of allylic oxidation sites excluding steroid dienone is 1. The Morgan fingerprint density at radius 3 is 2.80 bits per heavy atom. The second-order valence-electron chi connectivity index (χ2n) is 2.96. The molecule has 1 heteroatoms. The van der Waals surface area contributed by atoms with Gasteiger partial charge in [0.25, 0.3) is 0 Å². The third-order valence-corrected chi connectivity index (χ3v) is 1.89. The van der Waals surface area contributed by atoms with Gasteiger partial charge in [0, 0.05) is 0 Å². The van der Waals surface area contributed by atoms with E-state index in [1.807, 2.05) is 0 Å². The van der Waals surface area contributed by atoms with Crippen molar-refractivity contribution < 1.29 is 4.58 Å². The first-order valence-corrected chi connectivity index (χ1v) is 4.08. The van der Waals surface area contributed by atoms with E-state index in [4.69, 9.17) is 0 Å². The van der Waals surface area contributed by atoms with Crippen LogP contribution in [0.15, 0.2) is 12.3 Å². The van der Waals surface area contributed by atoms with Gasteiger partial charge < -0.3 is 0 Å². The summed E-state index contributed by atoms with van der Waals surface area (Å²) in [7, 11) is 2.09. The van der Waals surface area contributed by atoms with E-state index in [0.29, 0.717) is 5.92 Å². The maximum atomic E-state index is 2.27. The van der Waals surface area contributed by atoms with E-state index in [0.717, 1.165) is 0 Å².